The number of unbranched alkanes of at least 4 members (excludes halogenated alkanes) is 3. The van der Waals surface area contributed by atoms with Gasteiger partial charge < -0.3 is 9.64 Å². The number of halogens is 1. The van der Waals surface area contributed by atoms with Crippen LogP contribution in [0.25, 0.3) is 0 Å². The largest absolute Gasteiger partial charge is 0.466 e. The molecular weight excluding hydrogens is 358 g/mol. The average molecular weight is 384 g/mol. The molecule has 0 N–H and O–H groups in total. The van der Waals surface area contributed by atoms with Crippen LogP contribution in [0, 0.1) is 0 Å². The molecule has 0 saturated carbocycles. The highest BCUT2D eigenvalue weighted by Gasteiger charge is 2.18. The minimum Gasteiger partial charge on any atom is -0.466 e. The van der Waals surface area contributed by atoms with Gasteiger partial charge in [-0.1, -0.05) is 38.3 Å². The van der Waals surface area contributed by atoms with Crippen LogP contribution in [0.1, 0.15) is 56.3 Å². The van der Waals surface area contributed by atoms with Crippen LogP contribution >= 0.6 is 15.9 Å². The van der Waals surface area contributed by atoms with Crippen molar-refractivity contribution in [1.29, 1.82) is 0 Å². The zero-order valence-corrected chi connectivity index (χ0v) is 15.6. The minimum absolute atomic E-state index is 0.0433. The van der Waals surface area contributed by atoms with Crippen LogP contribution in [0.5, 0.6) is 0 Å². The number of esters is 1. The summed E-state index contributed by atoms with van der Waals surface area (Å²) in [6, 6.07) is 7.38. The first-order valence-corrected chi connectivity index (χ1v) is 9.08. The van der Waals surface area contributed by atoms with Crippen molar-refractivity contribution < 1.29 is 14.3 Å². The van der Waals surface area contributed by atoms with Gasteiger partial charge in [0.2, 0.25) is 0 Å². The molecule has 128 valence electrons. The lowest BCUT2D eigenvalue weighted by Gasteiger charge is -2.23. The molecule has 0 aromatic heterocycles. The van der Waals surface area contributed by atoms with Gasteiger partial charge in [-0.15, -0.1) is 0 Å². The zero-order valence-electron chi connectivity index (χ0n) is 14.0. The fourth-order valence-corrected chi connectivity index (χ4v) is 2.76. The number of ether oxygens (including phenoxy) is 1. The maximum atomic E-state index is 12.7. The van der Waals surface area contributed by atoms with Crippen LogP contribution in [0.15, 0.2) is 28.7 Å². The van der Waals surface area contributed by atoms with Gasteiger partial charge in [-0.25, -0.2) is 0 Å². The topological polar surface area (TPSA) is 46.6 Å². The summed E-state index contributed by atoms with van der Waals surface area (Å²) in [4.78, 5) is 26.1. The molecular formula is C18H26BrNO3. The summed E-state index contributed by atoms with van der Waals surface area (Å²) in [6.45, 7) is 5.37. The van der Waals surface area contributed by atoms with E-state index in [4.69, 9.17) is 4.74 Å². The van der Waals surface area contributed by atoms with Crippen molar-refractivity contribution in [3.05, 3.63) is 34.3 Å². The Balaban J connectivity index is 2.70. The second-order valence-electron chi connectivity index (χ2n) is 5.39. The van der Waals surface area contributed by atoms with E-state index in [9.17, 15) is 9.59 Å². The molecule has 1 aromatic rings. The highest BCUT2D eigenvalue weighted by Crippen LogP contribution is 2.18. The molecule has 0 spiro atoms. The smallest absolute Gasteiger partial charge is 0.307 e. The second-order valence-corrected chi connectivity index (χ2v) is 6.24. The third kappa shape index (κ3) is 7.16. The van der Waals surface area contributed by atoms with E-state index < -0.39 is 0 Å². The highest BCUT2D eigenvalue weighted by molar-refractivity contribution is 9.10. The van der Waals surface area contributed by atoms with Crippen LogP contribution in [0.3, 0.4) is 0 Å². The van der Waals surface area contributed by atoms with Crippen molar-refractivity contribution >= 4 is 27.8 Å². The standard InChI is InChI=1S/C18H26BrNO3/c1-3-5-6-9-13-20(14-12-17(21)23-4-2)18(22)15-10-7-8-11-16(15)19/h7-8,10-11H,3-6,9,12-14H2,1-2H3. The molecule has 0 saturated heterocycles. The highest BCUT2D eigenvalue weighted by atomic mass is 79.9. The van der Waals surface area contributed by atoms with Gasteiger partial charge in [-0.05, 0) is 41.4 Å². The monoisotopic (exact) mass is 383 g/mol. The molecule has 0 fully saturated rings. The van der Waals surface area contributed by atoms with Crippen molar-refractivity contribution in [2.24, 2.45) is 0 Å². The van der Waals surface area contributed by atoms with Gasteiger partial charge in [0.1, 0.15) is 0 Å². The van der Waals surface area contributed by atoms with Crippen molar-refractivity contribution in [1.82, 2.24) is 4.90 Å². The van der Waals surface area contributed by atoms with Crippen LogP contribution < -0.4 is 0 Å². The van der Waals surface area contributed by atoms with Gasteiger partial charge in [0.05, 0.1) is 18.6 Å². The number of carbonyl (C=O) groups excluding carboxylic acids is 2. The Hall–Kier alpha value is -1.36. The van der Waals surface area contributed by atoms with E-state index in [1.165, 1.54) is 0 Å². The Morgan fingerprint density at radius 1 is 1.09 bits per heavy atom. The molecule has 23 heavy (non-hydrogen) atoms. The zero-order chi connectivity index (χ0) is 17.1. The molecule has 1 amide bonds. The number of amides is 1. The molecule has 0 aliphatic heterocycles. The predicted octanol–water partition coefficient (Wildman–Crippen LogP) is 4.42. The van der Waals surface area contributed by atoms with E-state index in [1.54, 1.807) is 17.9 Å². The molecule has 4 nitrogen and oxygen atoms in total. The van der Waals surface area contributed by atoms with Crippen molar-refractivity contribution in [2.75, 3.05) is 19.7 Å². The summed E-state index contributed by atoms with van der Waals surface area (Å²) in [7, 11) is 0. The van der Waals surface area contributed by atoms with Gasteiger partial charge in [0, 0.05) is 17.6 Å². The molecule has 0 radical (unpaired) electrons. The van der Waals surface area contributed by atoms with Crippen LogP contribution in [0.4, 0.5) is 0 Å². The molecule has 0 atom stereocenters. The number of carbonyl (C=O) groups is 2. The molecule has 0 heterocycles. The van der Waals surface area contributed by atoms with Crippen molar-refractivity contribution in [2.45, 2.75) is 46.0 Å². The number of hydrogen-bond acceptors (Lipinski definition) is 3. The van der Waals surface area contributed by atoms with E-state index >= 15 is 0 Å². The van der Waals surface area contributed by atoms with Gasteiger partial charge >= 0.3 is 5.97 Å². The fraction of sp³-hybridized carbons (Fsp3) is 0.556. The maximum absolute atomic E-state index is 12.7. The summed E-state index contributed by atoms with van der Waals surface area (Å²) in [6.07, 6.45) is 4.59. The molecule has 1 rings (SSSR count). The van der Waals surface area contributed by atoms with E-state index in [-0.39, 0.29) is 18.3 Å². The lowest BCUT2D eigenvalue weighted by molar-refractivity contribution is -0.143. The number of rotatable bonds is 10. The van der Waals surface area contributed by atoms with Gasteiger partial charge in [0.25, 0.3) is 5.91 Å². The van der Waals surface area contributed by atoms with E-state index in [0.717, 1.165) is 30.2 Å². The Bertz CT molecular complexity index is 505. The minimum atomic E-state index is -0.258. The SMILES string of the molecule is CCCCCCN(CCC(=O)OCC)C(=O)c1ccccc1Br. The normalized spacial score (nSPS) is 10.4. The number of benzene rings is 1. The Kier molecular flexibility index (Phi) is 9.60. The number of nitrogens with zero attached hydrogens (tertiary/aromatic N) is 1. The summed E-state index contributed by atoms with van der Waals surface area (Å²) >= 11 is 3.42. The molecule has 5 heteroatoms. The third-order valence-electron chi connectivity index (χ3n) is 3.56. The van der Waals surface area contributed by atoms with Gasteiger partial charge in [0.15, 0.2) is 0 Å². The second kappa shape index (κ2) is 11.2. The maximum Gasteiger partial charge on any atom is 0.307 e. The van der Waals surface area contributed by atoms with Crippen molar-refractivity contribution in [3.8, 4) is 0 Å². The lowest BCUT2D eigenvalue weighted by Crippen LogP contribution is -2.34. The first-order chi connectivity index (χ1) is 11.1. The average Bonchev–Trinajstić information content (AvgIpc) is 2.54. The quantitative estimate of drug-likeness (QED) is 0.443. The predicted molar refractivity (Wildman–Crippen MR) is 95.4 cm³/mol. The molecule has 0 unspecified atom stereocenters. The summed E-state index contributed by atoms with van der Waals surface area (Å²) in [5, 5.41) is 0. The molecule has 0 bridgehead atoms. The lowest BCUT2D eigenvalue weighted by atomic mass is 10.1. The Morgan fingerprint density at radius 2 is 1.83 bits per heavy atom. The van der Waals surface area contributed by atoms with Gasteiger partial charge in [-0.2, -0.15) is 0 Å². The first-order valence-electron chi connectivity index (χ1n) is 8.29. The first kappa shape index (κ1) is 19.7. The van der Waals surface area contributed by atoms with Crippen LogP contribution in [-0.4, -0.2) is 36.5 Å². The summed E-state index contributed by atoms with van der Waals surface area (Å²) in [5.74, 6) is -0.302. The van der Waals surface area contributed by atoms with E-state index in [2.05, 4.69) is 22.9 Å². The van der Waals surface area contributed by atoms with Crippen LogP contribution in [-0.2, 0) is 9.53 Å². The van der Waals surface area contributed by atoms with E-state index in [1.807, 2.05) is 18.2 Å². The fourth-order valence-electron chi connectivity index (χ4n) is 2.31. The van der Waals surface area contributed by atoms with Gasteiger partial charge in [-0.3, -0.25) is 9.59 Å². The third-order valence-corrected chi connectivity index (χ3v) is 4.26. The number of hydrogen-bond donors (Lipinski definition) is 0. The Labute approximate surface area is 147 Å². The van der Waals surface area contributed by atoms with E-state index in [0.29, 0.717) is 25.3 Å². The Morgan fingerprint density at radius 3 is 2.48 bits per heavy atom. The van der Waals surface area contributed by atoms with Crippen molar-refractivity contribution in [3.63, 3.8) is 0 Å². The molecule has 0 aliphatic rings. The molecule has 0 aliphatic carbocycles. The van der Waals surface area contributed by atoms with Crippen LogP contribution in [0.2, 0.25) is 0 Å². The molecule has 1 aromatic carbocycles. The summed E-state index contributed by atoms with van der Waals surface area (Å²) < 4.78 is 5.74. The summed E-state index contributed by atoms with van der Waals surface area (Å²) in [5.41, 5.74) is 0.631.